The Balaban J connectivity index is 2.96. The molecule has 0 N–H and O–H groups in total. The summed E-state index contributed by atoms with van der Waals surface area (Å²) < 4.78 is 0. The van der Waals surface area contributed by atoms with Crippen LogP contribution < -0.4 is 0 Å². The van der Waals surface area contributed by atoms with E-state index in [0.717, 1.165) is 0 Å². The van der Waals surface area contributed by atoms with Crippen LogP contribution in [0.3, 0.4) is 0 Å². The Labute approximate surface area is 87.5 Å². The summed E-state index contributed by atoms with van der Waals surface area (Å²) >= 11 is 0. The van der Waals surface area contributed by atoms with E-state index in [1.54, 1.807) is 31.1 Å². The van der Waals surface area contributed by atoms with Crippen LogP contribution in [-0.4, -0.2) is 30.2 Å². The molecule has 1 aromatic carbocycles. The van der Waals surface area contributed by atoms with E-state index in [1.165, 1.54) is 12.1 Å². The van der Waals surface area contributed by atoms with Crippen LogP contribution >= 0.6 is 0 Å². The van der Waals surface area contributed by atoms with Crippen molar-refractivity contribution in [1.82, 2.24) is 4.90 Å². The van der Waals surface area contributed by atoms with E-state index >= 15 is 0 Å². The number of likely N-dealkylation sites (N-methyl/N-ethyl adjacent to an activating group) is 1. The largest absolute Gasteiger partial charge is 0.296 e. The summed E-state index contributed by atoms with van der Waals surface area (Å²) in [6, 6.07) is 5.40. The third-order valence-electron chi connectivity index (χ3n) is 2.05. The van der Waals surface area contributed by atoms with Crippen molar-refractivity contribution in [2.24, 2.45) is 0 Å². The van der Waals surface area contributed by atoms with Gasteiger partial charge in [0.25, 0.3) is 5.69 Å². The molecule has 0 bridgehead atoms. The molecule has 1 atom stereocenters. The van der Waals surface area contributed by atoms with Crippen LogP contribution in [0.15, 0.2) is 24.3 Å². The Morgan fingerprint density at radius 1 is 1.33 bits per heavy atom. The Morgan fingerprint density at radius 3 is 2.20 bits per heavy atom. The molecule has 1 aromatic rings. The molecule has 0 heterocycles. The van der Waals surface area contributed by atoms with Gasteiger partial charge in [-0.05, 0) is 19.7 Å². The van der Waals surface area contributed by atoms with Gasteiger partial charge in [-0.25, -0.2) is 0 Å². The zero-order valence-electron chi connectivity index (χ0n) is 8.51. The Kier molecular flexibility index (Phi) is 3.51. The molecular weight excluding hydrogens is 196 g/mol. The predicted octanol–water partition coefficient (Wildman–Crippen LogP) is 1.31. The second-order valence-electron chi connectivity index (χ2n) is 3.33. The number of carbonyl (C=O) groups excluding carboxylic acids is 1. The summed E-state index contributed by atoms with van der Waals surface area (Å²) in [5, 5.41) is 10.4. The van der Waals surface area contributed by atoms with Gasteiger partial charge in [0.15, 0.2) is 0 Å². The second-order valence-corrected chi connectivity index (χ2v) is 3.33. The molecule has 1 rings (SSSR count). The summed E-state index contributed by atoms with van der Waals surface area (Å²) in [5.41, 5.74) is 0.711. The number of benzene rings is 1. The van der Waals surface area contributed by atoms with Crippen molar-refractivity contribution in [2.45, 2.75) is 6.04 Å². The average molecular weight is 207 g/mol. The van der Waals surface area contributed by atoms with Gasteiger partial charge in [0.2, 0.25) is 6.29 Å². The van der Waals surface area contributed by atoms with E-state index in [4.69, 9.17) is 0 Å². The first-order valence-corrected chi connectivity index (χ1v) is 4.34. The molecular formula is C10H11N2O3. The maximum atomic E-state index is 10.7. The highest BCUT2D eigenvalue weighted by Gasteiger charge is 2.14. The smallest absolute Gasteiger partial charge is 0.269 e. The van der Waals surface area contributed by atoms with Gasteiger partial charge >= 0.3 is 0 Å². The summed E-state index contributed by atoms with van der Waals surface area (Å²) in [6.45, 7) is 0. The number of nitro groups is 1. The maximum Gasteiger partial charge on any atom is 0.269 e. The topological polar surface area (TPSA) is 63.5 Å². The minimum Gasteiger partial charge on any atom is -0.296 e. The first-order chi connectivity index (χ1) is 7.06. The third kappa shape index (κ3) is 2.60. The zero-order chi connectivity index (χ0) is 11.4. The molecule has 0 aliphatic carbocycles. The summed E-state index contributed by atoms with van der Waals surface area (Å²) in [6.07, 6.45) is 1.87. The molecule has 0 aliphatic heterocycles. The van der Waals surface area contributed by atoms with Gasteiger partial charge in [-0.3, -0.25) is 19.8 Å². The fourth-order valence-electron chi connectivity index (χ4n) is 1.25. The van der Waals surface area contributed by atoms with E-state index in [-0.39, 0.29) is 5.69 Å². The van der Waals surface area contributed by atoms with Crippen LogP contribution in [0.25, 0.3) is 0 Å². The Bertz CT molecular complexity index is 359. The second kappa shape index (κ2) is 4.65. The maximum absolute atomic E-state index is 10.7. The molecule has 0 saturated heterocycles. The molecule has 5 heteroatoms. The lowest BCUT2D eigenvalue weighted by Crippen LogP contribution is -2.20. The van der Waals surface area contributed by atoms with Crippen molar-refractivity contribution in [3.05, 3.63) is 39.9 Å². The van der Waals surface area contributed by atoms with E-state index in [1.807, 2.05) is 6.29 Å². The minimum absolute atomic E-state index is 0.0159. The first kappa shape index (κ1) is 11.3. The van der Waals surface area contributed by atoms with Gasteiger partial charge in [0.1, 0.15) is 6.04 Å². The van der Waals surface area contributed by atoms with Gasteiger partial charge in [0.05, 0.1) is 4.92 Å². The zero-order valence-corrected chi connectivity index (χ0v) is 8.51. The molecule has 15 heavy (non-hydrogen) atoms. The first-order valence-electron chi connectivity index (χ1n) is 4.34. The van der Waals surface area contributed by atoms with E-state index in [2.05, 4.69) is 0 Å². The molecule has 0 saturated carbocycles. The highest BCUT2D eigenvalue weighted by Crippen LogP contribution is 2.19. The fourth-order valence-corrected chi connectivity index (χ4v) is 1.25. The monoisotopic (exact) mass is 207 g/mol. The van der Waals surface area contributed by atoms with E-state index in [9.17, 15) is 14.9 Å². The van der Waals surface area contributed by atoms with Crippen molar-refractivity contribution in [2.75, 3.05) is 14.1 Å². The summed E-state index contributed by atoms with van der Waals surface area (Å²) in [7, 11) is 3.49. The van der Waals surface area contributed by atoms with Gasteiger partial charge in [-0.1, -0.05) is 12.1 Å². The quantitative estimate of drug-likeness (QED) is 0.551. The molecule has 0 amide bonds. The molecule has 1 radical (unpaired) electrons. The van der Waals surface area contributed by atoms with Crippen molar-refractivity contribution in [3.63, 3.8) is 0 Å². The number of nitrogens with zero attached hydrogens (tertiary/aromatic N) is 2. The summed E-state index contributed by atoms with van der Waals surface area (Å²) in [4.78, 5) is 22.3. The highest BCUT2D eigenvalue weighted by molar-refractivity contribution is 5.62. The molecule has 0 spiro atoms. The number of hydrogen-bond acceptors (Lipinski definition) is 4. The predicted molar refractivity (Wildman–Crippen MR) is 55.2 cm³/mol. The van der Waals surface area contributed by atoms with E-state index in [0.29, 0.717) is 5.56 Å². The van der Waals surface area contributed by atoms with Gasteiger partial charge in [-0.15, -0.1) is 0 Å². The molecule has 0 aliphatic rings. The molecule has 79 valence electrons. The van der Waals surface area contributed by atoms with E-state index < -0.39 is 11.0 Å². The standard InChI is InChI=1S/C10H11N2O3/c1-11(2)10(7-13)8-3-5-9(6-4-8)12(14)15/h3-6,10H,1-2H3. The lowest BCUT2D eigenvalue weighted by atomic mass is 10.1. The molecule has 5 nitrogen and oxygen atoms in total. The van der Waals surface area contributed by atoms with Crippen LogP contribution in [0.1, 0.15) is 11.6 Å². The van der Waals surface area contributed by atoms with Crippen LogP contribution in [-0.2, 0) is 4.79 Å². The SMILES string of the molecule is CN(C)C([C]=O)c1ccc([N+](=O)[O-])cc1. The van der Waals surface area contributed by atoms with Crippen LogP contribution in [0.4, 0.5) is 5.69 Å². The lowest BCUT2D eigenvalue weighted by Gasteiger charge is -2.17. The van der Waals surface area contributed by atoms with Gasteiger partial charge < -0.3 is 0 Å². The van der Waals surface area contributed by atoms with Crippen molar-refractivity contribution < 1.29 is 9.72 Å². The van der Waals surface area contributed by atoms with Crippen molar-refractivity contribution in [1.29, 1.82) is 0 Å². The number of rotatable bonds is 4. The Morgan fingerprint density at radius 2 is 1.87 bits per heavy atom. The van der Waals surface area contributed by atoms with Crippen LogP contribution in [0.5, 0.6) is 0 Å². The van der Waals surface area contributed by atoms with Crippen molar-refractivity contribution in [3.8, 4) is 0 Å². The minimum atomic E-state index is -0.481. The average Bonchev–Trinajstić information content (AvgIpc) is 2.19. The van der Waals surface area contributed by atoms with Gasteiger partial charge in [0, 0.05) is 12.1 Å². The normalized spacial score (nSPS) is 12.5. The molecule has 1 unspecified atom stereocenters. The molecule has 0 fully saturated rings. The highest BCUT2D eigenvalue weighted by atomic mass is 16.6. The number of non-ortho nitro benzene ring substituents is 1. The number of nitro benzene ring substituents is 1. The third-order valence-corrected chi connectivity index (χ3v) is 2.05. The fraction of sp³-hybridized carbons (Fsp3) is 0.300. The summed E-state index contributed by atoms with van der Waals surface area (Å²) in [5.74, 6) is 0. The van der Waals surface area contributed by atoms with Gasteiger partial charge in [-0.2, -0.15) is 0 Å². The Hall–Kier alpha value is -1.75. The number of hydrogen-bond donors (Lipinski definition) is 0. The van der Waals surface area contributed by atoms with Crippen LogP contribution in [0, 0.1) is 10.1 Å². The van der Waals surface area contributed by atoms with Crippen molar-refractivity contribution >= 4 is 12.0 Å². The molecule has 0 aromatic heterocycles. The van der Waals surface area contributed by atoms with Crippen LogP contribution in [0.2, 0.25) is 0 Å². The lowest BCUT2D eigenvalue weighted by molar-refractivity contribution is -0.384.